The molecule has 0 aliphatic carbocycles. The van der Waals surface area contributed by atoms with Crippen LogP contribution in [0.5, 0.6) is 0 Å². The number of aromatic nitrogens is 2. The van der Waals surface area contributed by atoms with Crippen molar-refractivity contribution in [2.75, 3.05) is 14.1 Å². The van der Waals surface area contributed by atoms with Crippen molar-refractivity contribution in [1.29, 1.82) is 0 Å². The molecule has 1 N–H and O–H groups in total. The maximum Gasteiger partial charge on any atom is 0.264 e. The molecule has 2 amide bonds. The molecule has 2 heterocycles. The third kappa shape index (κ3) is 3.68. The van der Waals surface area contributed by atoms with E-state index >= 15 is 0 Å². The van der Waals surface area contributed by atoms with Crippen LogP contribution in [-0.4, -0.2) is 40.8 Å². The number of nitrogens with one attached hydrogen (secondary N) is 1. The number of thiophene rings is 1. The number of hydrogen-bond acceptors (Lipinski definition) is 5. The van der Waals surface area contributed by atoms with Crippen molar-refractivity contribution in [3.8, 4) is 0 Å². The Bertz CT molecular complexity index is 1020. The Morgan fingerprint density at radius 1 is 1.11 bits per heavy atom. The van der Waals surface area contributed by atoms with E-state index in [0.29, 0.717) is 22.8 Å². The summed E-state index contributed by atoms with van der Waals surface area (Å²) in [5.74, 6) is 0.548. The van der Waals surface area contributed by atoms with Crippen LogP contribution in [0, 0.1) is 20.8 Å². The van der Waals surface area contributed by atoms with Crippen molar-refractivity contribution in [1.82, 2.24) is 20.2 Å². The van der Waals surface area contributed by atoms with Crippen molar-refractivity contribution in [3.05, 3.63) is 57.4 Å². The van der Waals surface area contributed by atoms with Crippen LogP contribution in [0.3, 0.4) is 0 Å². The number of rotatable bonds is 4. The minimum absolute atomic E-state index is 0.0390. The van der Waals surface area contributed by atoms with Gasteiger partial charge in [-0.05, 0) is 44.0 Å². The fourth-order valence-electron chi connectivity index (χ4n) is 3.10. The summed E-state index contributed by atoms with van der Waals surface area (Å²) in [6, 6.07) is 7.26. The molecule has 3 aromatic rings. The molecule has 0 aliphatic heterocycles. The lowest BCUT2D eigenvalue weighted by Gasteiger charge is -2.17. The number of carbonyl (C=O) groups is 2. The molecule has 140 valence electrons. The minimum atomic E-state index is -0.126. The summed E-state index contributed by atoms with van der Waals surface area (Å²) in [6.07, 6.45) is 0. The highest BCUT2D eigenvalue weighted by atomic mass is 32.1. The Hall–Kier alpha value is -2.80. The van der Waals surface area contributed by atoms with E-state index < -0.39 is 0 Å². The highest BCUT2D eigenvalue weighted by molar-refractivity contribution is 7.20. The van der Waals surface area contributed by atoms with E-state index in [1.165, 1.54) is 11.3 Å². The number of nitrogens with zero attached hydrogens (tertiary/aromatic N) is 3. The highest BCUT2D eigenvalue weighted by Gasteiger charge is 2.21. The van der Waals surface area contributed by atoms with E-state index in [1.54, 1.807) is 31.1 Å². The van der Waals surface area contributed by atoms with Crippen LogP contribution in [0.25, 0.3) is 10.2 Å². The van der Waals surface area contributed by atoms with Crippen molar-refractivity contribution < 1.29 is 9.59 Å². The molecule has 7 heteroatoms. The maximum atomic E-state index is 13.0. The fraction of sp³-hybridized carbons (Fsp3) is 0.300. The number of hydrogen-bond donors (Lipinski definition) is 1. The molecule has 0 aliphatic rings. The first-order valence-electron chi connectivity index (χ1n) is 8.62. The average molecular weight is 382 g/mol. The van der Waals surface area contributed by atoms with Gasteiger partial charge in [0.15, 0.2) is 0 Å². The largest absolute Gasteiger partial charge is 0.355 e. The molecule has 0 unspecified atom stereocenters. The Labute approximate surface area is 162 Å². The van der Waals surface area contributed by atoms with E-state index in [0.717, 1.165) is 27.0 Å². The quantitative estimate of drug-likeness (QED) is 0.752. The van der Waals surface area contributed by atoms with Crippen molar-refractivity contribution in [3.63, 3.8) is 0 Å². The van der Waals surface area contributed by atoms with Gasteiger partial charge >= 0.3 is 0 Å². The van der Waals surface area contributed by atoms with Gasteiger partial charge in [-0.3, -0.25) is 9.59 Å². The van der Waals surface area contributed by atoms with E-state index in [4.69, 9.17) is 0 Å². The van der Waals surface area contributed by atoms with Gasteiger partial charge in [0.2, 0.25) is 0 Å². The zero-order chi connectivity index (χ0) is 19.7. The van der Waals surface area contributed by atoms with Gasteiger partial charge in [0.1, 0.15) is 10.7 Å². The van der Waals surface area contributed by atoms with Crippen LogP contribution in [0.1, 0.15) is 42.7 Å². The second kappa shape index (κ2) is 7.44. The van der Waals surface area contributed by atoms with Gasteiger partial charge < -0.3 is 10.2 Å². The fourth-order valence-corrected chi connectivity index (χ4v) is 4.37. The third-order valence-corrected chi connectivity index (χ3v) is 5.66. The van der Waals surface area contributed by atoms with Crippen LogP contribution in [-0.2, 0) is 6.54 Å². The van der Waals surface area contributed by atoms with Crippen LogP contribution < -0.4 is 5.32 Å². The van der Waals surface area contributed by atoms with Gasteiger partial charge in [-0.15, -0.1) is 11.3 Å². The monoisotopic (exact) mass is 382 g/mol. The molecule has 0 atom stereocenters. The summed E-state index contributed by atoms with van der Waals surface area (Å²) >= 11 is 1.41. The predicted octanol–water partition coefficient (Wildman–Crippen LogP) is 3.25. The summed E-state index contributed by atoms with van der Waals surface area (Å²) in [6.45, 7) is 6.22. The van der Waals surface area contributed by atoms with E-state index in [2.05, 4.69) is 15.3 Å². The van der Waals surface area contributed by atoms with Crippen LogP contribution in [0.15, 0.2) is 24.3 Å². The molecule has 0 bridgehead atoms. The number of aryl methyl sites for hydroxylation is 3. The van der Waals surface area contributed by atoms with Crippen LogP contribution in [0.4, 0.5) is 0 Å². The molecule has 2 aromatic heterocycles. The first-order chi connectivity index (χ1) is 12.8. The average Bonchev–Trinajstić information content (AvgIpc) is 2.97. The minimum Gasteiger partial charge on any atom is -0.355 e. The normalized spacial score (nSPS) is 10.9. The first kappa shape index (κ1) is 19.0. The topological polar surface area (TPSA) is 75.2 Å². The molecule has 0 radical (unpaired) electrons. The summed E-state index contributed by atoms with van der Waals surface area (Å²) in [7, 11) is 3.38. The van der Waals surface area contributed by atoms with E-state index in [-0.39, 0.29) is 11.8 Å². The zero-order valence-corrected chi connectivity index (χ0v) is 16.9. The summed E-state index contributed by atoms with van der Waals surface area (Å²) in [5.41, 5.74) is 3.39. The molecule has 3 rings (SSSR count). The van der Waals surface area contributed by atoms with Crippen molar-refractivity contribution >= 4 is 33.4 Å². The molecule has 0 saturated carbocycles. The molecular formula is C20H22N4O2S. The lowest BCUT2D eigenvalue weighted by Crippen LogP contribution is -2.26. The van der Waals surface area contributed by atoms with Gasteiger partial charge in [0, 0.05) is 37.3 Å². The molecule has 0 spiro atoms. The van der Waals surface area contributed by atoms with Crippen molar-refractivity contribution in [2.45, 2.75) is 27.3 Å². The number of fused-ring (bicyclic) bond motifs is 1. The van der Waals surface area contributed by atoms with Gasteiger partial charge in [0.05, 0.1) is 4.88 Å². The Balaban J connectivity index is 1.83. The summed E-state index contributed by atoms with van der Waals surface area (Å²) in [4.78, 5) is 36.7. The molecular weight excluding hydrogens is 360 g/mol. The summed E-state index contributed by atoms with van der Waals surface area (Å²) in [5, 5.41) is 3.57. The predicted molar refractivity (Wildman–Crippen MR) is 107 cm³/mol. The molecule has 27 heavy (non-hydrogen) atoms. The third-order valence-electron chi connectivity index (χ3n) is 4.49. The lowest BCUT2D eigenvalue weighted by molar-refractivity contribution is 0.0789. The smallest absolute Gasteiger partial charge is 0.264 e. The maximum absolute atomic E-state index is 13.0. The molecule has 1 aromatic carbocycles. The molecule has 0 saturated heterocycles. The number of carbonyl (C=O) groups excluding carboxylic acids is 2. The van der Waals surface area contributed by atoms with Gasteiger partial charge in [-0.2, -0.15) is 0 Å². The SMILES string of the molecule is CNC(=O)c1ccc(CN(C)C(=O)c2sc3nc(C)nc(C)c3c2C)cc1. The van der Waals surface area contributed by atoms with Crippen molar-refractivity contribution in [2.24, 2.45) is 0 Å². The summed E-state index contributed by atoms with van der Waals surface area (Å²) < 4.78 is 0. The van der Waals surface area contributed by atoms with Gasteiger partial charge in [-0.1, -0.05) is 12.1 Å². The zero-order valence-electron chi connectivity index (χ0n) is 16.1. The molecule has 0 fully saturated rings. The Kier molecular flexibility index (Phi) is 5.23. The first-order valence-corrected chi connectivity index (χ1v) is 9.44. The van der Waals surface area contributed by atoms with E-state index in [1.807, 2.05) is 32.9 Å². The lowest BCUT2D eigenvalue weighted by atomic mass is 10.1. The number of amides is 2. The number of benzene rings is 1. The standard InChI is InChI=1S/C20H22N4O2S/c1-11-16-12(2)22-13(3)23-19(16)27-17(11)20(26)24(5)10-14-6-8-15(9-7-14)18(25)21-4/h6-9H,10H2,1-5H3,(H,21,25). The highest BCUT2D eigenvalue weighted by Crippen LogP contribution is 2.32. The Morgan fingerprint density at radius 2 is 1.78 bits per heavy atom. The van der Waals surface area contributed by atoms with E-state index in [9.17, 15) is 9.59 Å². The van der Waals surface area contributed by atoms with Gasteiger partial charge in [-0.25, -0.2) is 9.97 Å². The van der Waals surface area contributed by atoms with Crippen LogP contribution in [0.2, 0.25) is 0 Å². The second-order valence-electron chi connectivity index (χ2n) is 6.53. The second-order valence-corrected chi connectivity index (χ2v) is 7.53. The van der Waals surface area contributed by atoms with Crippen LogP contribution >= 0.6 is 11.3 Å². The Morgan fingerprint density at radius 3 is 2.41 bits per heavy atom. The van der Waals surface area contributed by atoms with Gasteiger partial charge in [0.25, 0.3) is 11.8 Å². The molecule has 6 nitrogen and oxygen atoms in total.